The van der Waals surface area contributed by atoms with Crippen molar-refractivity contribution in [2.75, 3.05) is 5.88 Å². The van der Waals surface area contributed by atoms with Crippen molar-refractivity contribution in [2.45, 2.75) is 0 Å². The molecule has 1 aromatic rings. The van der Waals surface area contributed by atoms with E-state index in [0.717, 1.165) is 12.1 Å². The number of rotatable bonds is 3. The number of benzene rings is 1. The molecule has 0 atom stereocenters. The fraction of sp³-hybridized carbons (Fsp3) is 0.125. The van der Waals surface area contributed by atoms with Crippen molar-refractivity contribution in [1.82, 2.24) is 0 Å². The number of carbonyl (C=O) groups is 1. The molecule has 80 valence electrons. The van der Waals surface area contributed by atoms with Crippen LogP contribution in [0.25, 0.3) is 0 Å². The van der Waals surface area contributed by atoms with E-state index in [4.69, 9.17) is 34.8 Å². The molecule has 0 fully saturated rings. The lowest BCUT2D eigenvalue weighted by Gasteiger charge is -2.02. The Hall–Kier alpha value is -0.840. The van der Waals surface area contributed by atoms with Crippen molar-refractivity contribution in [2.24, 2.45) is 0 Å². The van der Waals surface area contributed by atoms with Gasteiger partial charge in [0.25, 0.3) is 5.69 Å². The third-order valence-corrected chi connectivity index (χ3v) is 2.51. The summed E-state index contributed by atoms with van der Waals surface area (Å²) in [5, 5.41) is 10.5. The standard InChI is InChI=1S/C8H4Cl3NO3/c9-3-8(13)4-1-7(12(14)15)6(11)2-5(4)10/h1-2H,3H2. The molecule has 0 N–H and O–H groups in total. The van der Waals surface area contributed by atoms with Crippen LogP contribution in [-0.2, 0) is 0 Å². The highest BCUT2D eigenvalue weighted by molar-refractivity contribution is 6.39. The number of carbonyl (C=O) groups excluding carboxylic acids is 1. The lowest BCUT2D eigenvalue weighted by atomic mass is 10.1. The van der Waals surface area contributed by atoms with Gasteiger partial charge >= 0.3 is 0 Å². The van der Waals surface area contributed by atoms with Crippen LogP contribution in [0.3, 0.4) is 0 Å². The average molecular weight is 268 g/mol. The number of alkyl halides is 1. The molecule has 0 saturated carbocycles. The molecular formula is C8H4Cl3NO3. The number of hydrogen-bond acceptors (Lipinski definition) is 3. The minimum atomic E-state index is -0.691. The van der Waals surface area contributed by atoms with Crippen LogP contribution in [0.1, 0.15) is 10.4 Å². The van der Waals surface area contributed by atoms with Gasteiger partial charge < -0.3 is 0 Å². The smallest absolute Gasteiger partial charge is 0.288 e. The second-order valence-electron chi connectivity index (χ2n) is 2.60. The molecule has 4 nitrogen and oxygen atoms in total. The Labute approximate surface area is 99.9 Å². The van der Waals surface area contributed by atoms with Crippen LogP contribution < -0.4 is 0 Å². The summed E-state index contributed by atoms with van der Waals surface area (Å²) in [6.07, 6.45) is 0. The van der Waals surface area contributed by atoms with E-state index in [0.29, 0.717) is 0 Å². The zero-order valence-electron chi connectivity index (χ0n) is 7.17. The molecule has 0 amide bonds. The molecule has 0 aliphatic heterocycles. The molecule has 0 heterocycles. The number of hydrogen-bond donors (Lipinski definition) is 0. The van der Waals surface area contributed by atoms with Crippen LogP contribution in [0.15, 0.2) is 12.1 Å². The Bertz CT molecular complexity index is 433. The molecule has 0 radical (unpaired) electrons. The summed E-state index contributed by atoms with van der Waals surface area (Å²) in [5.41, 5.74) is -0.364. The first-order chi connectivity index (χ1) is 6.97. The maximum absolute atomic E-state index is 11.2. The van der Waals surface area contributed by atoms with E-state index < -0.39 is 10.7 Å². The number of Topliss-reactive ketones (excluding diaryl/α,β-unsaturated/α-hetero) is 1. The van der Waals surface area contributed by atoms with Crippen LogP contribution in [0, 0.1) is 10.1 Å². The molecule has 0 unspecified atom stereocenters. The van der Waals surface area contributed by atoms with Gasteiger partial charge in [-0.15, -0.1) is 11.6 Å². The van der Waals surface area contributed by atoms with Crippen LogP contribution in [0.2, 0.25) is 10.0 Å². The van der Waals surface area contributed by atoms with Gasteiger partial charge in [0.05, 0.1) is 15.8 Å². The van der Waals surface area contributed by atoms with Gasteiger partial charge in [-0.1, -0.05) is 23.2 Å². The molecule has 1 rings (SSSR count). The van der Waals surface area contributed by atoms with Crippen LogP contribution >= 0.6 is 34.8 Å². The van der Waals surface area contributed by atoms with E-state index in [9.17, 15) is 14.9 Å². The molecule has 0 saturated heterocycles. The summed E-state index contributed by atoms with van der Waals surface area (Å²) >= 11 is 16.6. The molecule has 0 aliphatic carbocycles. The lowest BCUT2D eigenvalue weighted by Crippen LogP contribution is -2.02. The first-order valence-electron chi connectivity index (χ1n) is 3.70. The summed E-state index contributed by atoms with van der Waals surface area (Å²) < 4.78 is 0. The number of nitrogens with zero attached hydrogens (tertiary/aromatic N) is 1. The van der Waals surface area contributed by atoms with Crippen LogP contribution in [0.4, 0.5) is 5.69 Å². The third-order valence-electron chi connectivity index (χ3n) is 1.65. The zero-order valence-corrected chi connectivity index (χ0v) is 9.44. The number of nitro benzene ring substituents is 1. The number of ketones is 1. The Kier molecular flexibility index (Phi) is 3.90. The highest BCUT2D eigenvalue weighted by Crippen LogP contribution is 2.31. The second-order valence-corrected chi connectivity index (χ2v) is 3.68. The lowest BCUT2D eigenvalue weighted by molar-refractivity contribution is -0.384. The highest BCUT2D eigenvalue weighted by atomic mass is 35.5. The van der Waals surface area contributed by atoms with E-state index in [1.54, 1.807) is 0 Å². The van der Waals surface area contributed by atoms with Gasteiger partial charge in [-0.25, -0.2) is 0 Å². The Morgan fingerprint density at radius 2 is 1.93 bits per heavy atom. The Morgan fingerprint density at radius 1 is 1.33 bits per heavy atom. The van der Waals surface area contributed by atoms with Gasteiger partial charge in [0.2, 0.25) is 0 Å². The normalized spacial score (nSPS) is 10.1. The fourth-order valence-corrected chi connectivity index (χ4v) is 1.66. The predicted molar refractivity (Wildman–Crippen MR) is 58.2 cm³/mol. The number of halogens is 3. The van der Waals surface area contributed by atoms with E-state index in [1.165, 1.54) is 0 Å². The monoisotopic (exact) mass is 267 g/mol. The number of nitro groups is 1. The summed E-state index contributed by atoms with van der Waals surface area (Å²) in [7, 11) is 0. The van der Waals surface area contributed by atoms with E-state index in [2.05, 4.69) is 0 Å². The first-order valence-corrected chi connectivity index (χ1v) is 4.99. The SMILES string of the molecule is O=C(CCl)c1cc([N+](=O)[O-])c(Cl)cc1Cl. The van der Waals surface area contributed by atoms with Gasteiger partial charge in [0, 0.05) is 11.6 Å². The van der Waals surface area contributed by atoms with Gasteiger partial charge in [-0.3, -0.25) is 14.9 Å². The van der Waals surface area contributed by atoms with Crippen LogP contribution in [0.5, 0.6) is 0 Å². The highest BCUT2D eigenvalue weighted by Gasteiger charge is 2.19. The van der Waals surface area contributed by atoms with Crippen molar-refractivity contribution in [3.8, 4) is 0 Å². The van der Waals surface area contributed by atoms with Crippen molar-refractivity contribution < 1.29 is 9.72 Å². The molecule has 1 aromatic carbocycles. The van der Waals surface area contributed by atoms with Gasteiger partial charge in [-0.05, 0) is 6.07 Å². The van der Waals surface area contributed by atoms with Crippen molar-refractivity contribution >= 4 is 46.3 Å². The maximum Gasteiger partial charge on any atom is 0.288 e. The van der Waals surface area contributed by atoms with E-state index >= 15 is 0 Å². The quantitative estimate of drug-likeness (QED) is 0.366. The Morgan fingerprint density at radius 3 is 2.40 bits per heavy atom. The van der Waals surface area contributed by atoms with Crippen molar-refractivity contribution in [3.63, 3.8) is 0 Å². The predicted octanol–water partition coefficient (Wildman–Crippen LogP) is 3.32. The van der Waals surface area contributed by atoms with Gasteiger partial charge in [0.15, 0.2) is 5.78 Å². The van der Waals surface area contributed by atoms with Gasteiger partial charge in [0.1, 0.15) is 5.02 Å². The summed E-state index contributed by atoms with van der Waals surface area (Å²) in [6.45, 7) is 0. The summed E-state index contributed by atoms with van der Waals surface area (Å²) in [6, 6.07) is 2.18. The third kappa shape index (κ3) is 2.59. The molecule has 0 aliphatic rings. The first kappa shape index (κ1) is 12.2. The molecule has 0 spiro atoms. The molecule has 7 heteroatoms. The molecule has 0 bridgehead atoms. The fourth-order valence-electron chi connectivity index (χ4n) is 0.963. The Balaban J connectivity index is 3.36. The zero-order chi connectivity index (χ0) is 11.6. The average Bonchev–Trinajstić information content (AvgIpc) is 2.16. The molecule has 15 heavy (non-hydrogen) atoms. The topological polar surface area (TPSA) is 60.2 Å². The van der Waals surface area contributed by atoms with Crippen molar-refractivity contribution in [3.05, 3.63) is 37.9 Å². The largest absolute Gasteiger partial charge is 0.293 e. The maximum atomic E-state index is 11.2. The molecule has 0 aromatic heterocycles. The minimum absolute atomic E-state index is 0.00256. The molecular weight excluding hydrogens is 264 g/mol. The summed E-state index contributed by atoms with van der Waals surface area (Å²) in [5.74, 6) is -0.778. The van der Waals surface area contributed by atoms with Gasteiger partial charge in [-0.2, -0.15) is 0 Å². The van der Waals surface area contributed by atoms with E-state index in [-0.39, 0.29) is 27.2 Å². The summed E-state index contributed by atoms with van der Waals surface area (Å²) in [4.78, 5) is 21.1. The van der Waals surface area contributed by atoms with Crippen LogP contribution in [-0.4, -0.2) is 16.6 Å². The minimum Gasteiger partial charge on any atom is -0.293 e. The van der Waals surface area contributed by atoms with E-state index in [1.807, 2.05) is 0 Å². The van der Waals surface area contributed by atoms with Crippen molar-refractivity contribution in [1.29, 1.82) is 0 Å². The second kappa shape index (κ2) is 4.79.